The largest absolute Gasteiger partial charge is 0.457 e. The second-order valence-electron chi connectivity index (χ2n) is 4.99. The average Bonchev–Trinajstić information content (AvgIpc) is 2.85. The van der Waals surface area contributed by atoms with Crippen LogP contribution in [-0.4, -0.2) is 15.5 Å². The van der Waals surface area contributed by atoms with Gasteiger partial charge >= 0.3 is 0 Å². The van der Waals surface area contributed by atoms with Gasteiger partial charge in [-0.2, -0.15) is 0 Å². The van der Waals surface area contributed by atoms with Gasteiger partial charge in [-0.3, -0.25) is 9.78 Å². The molecule has 0 radical (unpaired) electrons. The number of pyridine rings is 1. The van der Waals surface area contributed by atoms with E-state index in [2.05, 4.69) is 10.3 Å². The summed E-state index contributed by atoms with van der Waals surface area (Å²) in [6, 6.07) is 12.1. The molecule has 7 heteroatoms. The Bertz CT molecular complexity index is 862. The predicted octanol–water partition coefficient (Wildman–Crippen LogP) is 4.77. The third kappa shape index (κ3) is 3.53. The van der Waals surface area contributed by atoms with Crippen LogP contribution in [-0.2, 0) is 7.05 Å². The van der Waals surface area contributed by atoms with E-state index in [9.17, 15) is 4.79 Å². The lowest BCUT2D eigenvalue weighted by Crippen LogP contribution is -2.15. The predicted molar refractivity (Wildman–Crippen MR) is 94.1 cm³/mol. The zero-order valence-electron chi connectivity index (χ0n) is 12.7. The Kier molecular flexibility index (Phi) is 4.74. The number of halogens is 2. The summed E-state index contributed by atoms with van der Waals surface area (Å²) in [4.78, 5) is 16.2. The van der Waals surface area contributed by atoms with Crippen molar-refractivity contribution in [1.29, 1.82) is 0 Å². The van der Waals surface area contributed by atoms with Crippen LogP contribution in [0.3, 0.4) is 0 Å². The Hall–Kier alpha value is -2.50. The molecule has 1 N–H and O–H groups in total. The first-order chi connectivity index (χ1) is 11.5. The molecule has 0 bridgehead atoms. The Morgan fingerprint density at radius 1 is 1.08 bits per heavy atom. The van der Waals surface area contributed by atoms with Crippen LogP contribution in [0.15, 0.2) is 54.9 Å². The smallest absolute Gasteiger partial charge is 0.272 e. The number of hydrogen-bond acceptors (Lipinski definition) is 3. The van der Waals surface area contributed by atoms with E-state index in [4.69, 9.17) is 27.9 Å². The molecule has 0 saturated carbocycles. The number of aromatic nitrogens is 2. The number of rotatable bonds is 4. The van der Waals surface area contributed by atoms with E-state index in [1.165, 1.54) is 10.6 Å². The molecule has 3 rings (SSSR count). The topological polar surface area (TPSA) is 56.2 Å². The van der Waals surface area contributed by atoms with Crippen molar-refractivity contribution in [2.75, 3.05) is 5.32 Å². The number of amides is 1. The number of benzene rings is 1. The van der Waals surface area contributed by atoms with Gasteiger partial charge in [0.25, 0.3) is 5.91 Å². The van der Waals surface area contributed by atoms with E-state index in [1.54, 1.807) is 55.8 Å². The number of hydrogen-bond donors (Lipinski definition) is 1. The van der Waals surface area contributed by atoms with Crippen molar-refractivity contribution in [3.8, 4) is 11.5 Å². The van der Waals surface area contributed by atoms with Gasteiger partial charge in [0.05, 0.1) is 5.02 Å². The molecule has 3 aromatic rings. The SMILES string of the molecule is Cn1c(C(=O)Nc2ccc(Oc3ccncc3)cc2)cc(Cl)c1Cl. The van der Waals surface area contributed by atoms with Crippen molar-refractivity contribution in [2.45, 2.75) is 0 Å². The Balaban J connectivity index is 1.70. The highest BCUT2D eigenvalue weighted by Gasteiger charge is 2.15. The van der Waals surface area contributed by atoms with Gasteiger partial charge in [0, 0.05) is 25.1 Å². The summed E-state index contributed by atoms with van der Waals surface area (Å²) in [5.74, 6) is 1.05. The number of anilines is 1. The molecule has 24 heavy (non-hydrogen) atoms. The van der Waals surface area contributed by atoms with Crippen LogP contribution in [0.2, 0.25) is 10.2 Å². The summed E-state index contributed by atoms with van der Waals surface area (Å²) < 4.78 is 7.20. The molecule has 0 unspecified atom stereocenters. The van der Waals surface area contributed by atoms with Gasteiger partial charge in [0.15, 0.2) is 0 Å². The summed E-state index contributed by atoms with van der Waals surface area (Å²) >= 11 is 11.9. The Morgan fingerprint density at radius 2 is 1.71 bits per heavy atom. The summed E-state index contributed by atoms with van der Waals surface area (Å²) in [5.41, 5.74) is 1.01. The Labute approximate surface area is 148 Å². The molecule has 122 valence electrons. The molecule has 0 spiro atoms. The van der Waals surface area contributed by atoms with Gasteiger partial charge in [-0.15, -0.1) is 0 Å². The van der Waals surface area contributed by atoms with Gasteiger partial charge in [-0.1, -0.05) is 23.2 Å². The lowest BCUT2D eigenvalue weighted by Gasteiger charge is -2.08. The van der Waals surface area contributed by atoms with Gasteiger partial charge in [0.1, 0.15) is 22.3 Å². The van der Waals surface area contributed by atoms with Gasteiger partial charge in [0.2, 0.25) is 0 Å². The number of carbonyl (C=O) groups is 1. The first kappa shape index (κ1) is 16.4. The summed E-state index contributed by atoms with van der Waals surface area (Å²) in [5, 5.41) is 3.45. The van der Waals surface area contributed by atoms with Crippen LogP contribution in [0.25, 0.3) is 0 Å². The van der Waals surface area contributed by atoms with E-state index in [0.717, 1.165) is 0 Å². The molecule has 0 saturated heterocycles. The maximum atomic E-state index is 12.3. The lowest BCUT2D eigenvalue weighted by atomic mass is 10.3. The monoisotopic (exact) mass is 361 g/mol. The molecule has 2 heterocycles. The van der Waals surface area contributed by atoms with Gasteiger partial charge < -0.3 is 14.6 Å². The fourth-order valence-corrected chi connectivity index (χ4v) is 2.48. The van der Waals surface area contributed by atoms with Gasteiger partial charge in [-0.05, 0) is 42.5 Å². The molecular weight excluding hydrogens is 349 g/mol. The molecular formula is C17H13Cl2N3O2. The highest BCUT2D eigenvalue weighted by molar-refractivity contribution is 6.42. The summed E-state index contributed by atoms with van der Waals surface area (Å²) in [7, 11) is 1.68. The van der Waals surface area contributed by atoms with Crippen molar-refractivity contribution in [3.05, 3.63) is 70.7 Å². The van der Waals surface area contributed by atoms with E-state index in [-0.39, 0.29) is 5.91 Å². The molecule has 1 aromatic carbocycles. The molecule has 0 aliphatic carbocycles. The third-order valence-corrected chi connectivity index (χ3v) is 4.19. The highest BCUT2D eigenvalue weighted by Crippen LogP contribution is 2.26. The van der Waals surface area contributed by atoms with Crippen LogP contribution in [0.4, 0.5) is 5.69 Å². The molecule has 5 nitrogen and oxygen atoms in total. The van der Waals surface area contributed by atoms with Crippen molar-refractivity contribution in [3.63, 3.8) is 0 Å². The second kappa shape index (κ2) is 6.95. The minimum atomic E-state index is -0.297. The van der Waals surface area contributed by atoms with Crippen LogP contribution in [0, 0.1) is 0 Å². The minimum Gasteiger partial charge on any atom is -0.457 e. The van der Waals surface area contributed by atoms with Crippen LogP contribution >= 0.6 is 23.2 Å². The number of nitrogens with one attached hydrogen (secondary N) is 1. The van der Waals surface area contributed by atoms with Crippen LogP contribution in [0.1, 0.15) is 10.5 Å². The Morgan fingerprint density at radius 3 is 2.29 bits per heavy atom. The molecule has 2 aromatic heterocycles. The average molecular weight is 362 g/mol. The normalized spacial score (nSPS) is 10.5. The van der Waals surface area contributed by atoms with E-state index < -0.39 is 0 Å². The number of nitrogens with zero attached hydrogens (tertiary/aromatic N) is 2. The quantitative estimate of drug-likeness (QED) is 0.727. The third-order valence-electron chi connectivity index (χ3n) is 3.35. The van der Waals surface area contributed by atoms with Crippen molar-refractivity contribution >= 4 is 34.8 Å². The molecule has 0 atom stereocenters. The lowest BCUT2D eigenvalue weighted by molar-refractivity contribution is 0.101. The first-order valence-electron chi connectivity index (χ1n) is 7.04. The van der Waals surface area contributed by atoms with Gasteiger partial charge in [-0.25, -0.2) is 0 Å². The molecule has 0 aliphatic heterocycles. The van der Waals surface area contributed by atoms with Crippen molar-refractivity contribution < 1.29 is 9.53 Å². The second-order valence-corrected chi connectivity index (χ2v) is 5.76. The number of ether oxygens (including phenoxy) is 1. The summed E-state index contributed by atoms with van der Waals surface area (Å²) in [6.45, 7) is 0. The van der Waals surface area contributed by atoms with E-state index in [1.807, 2.05) is 0 Å². The minimum absolute atomic E-state index is 0.297. The fraction of sp³-hybridized carbons (Fsp3) is 0.0588. The standard InChI is InChI=1S/C17H13Cl2N3O2/c1-22-15(10-14(18)16(22)19)17(23)21-11-2-4-12(5-3-11)24-13-6-8-20-9-7-13/h2-10H,1H3,(H,21,23). The van der Waals surface area contributed by atoms with Crippen molar-refractivity contribution in [1.82, 2.24) is 9.55 Å². The summed E-state index contributed by atoms with van der Waals surface area (Å²) in [6.07, 6.45) is 3.31. The van der Waals surface area contributed by atoms with E-state index >= 15 is 0 Å². The maximum Gasteiger partial charge on any atom is 0.272 e. The first-order valence-corrected chi connectivity index (χ1v) is 7.80. The highest BCUT2D eigenvalue weighted by atomic mass is 35.5. The molecule has 1 amide bonds. The van der Waals surface area contributed by atoms with E-state index in [0.29, 0.717) is 33.1 Å². The zero-order valence-corrected chi connectivity index (χ0v) is 14.2. The van der Waals surface area contributed by atoms with Crippen molar-refractivity contribution in [2.24, 2.45) is 7.05 Å². The molecule has 0 fully saturated rings. The maximum absolute atomic E-state index is 12.3. The zero-order chi connectivity index (χ0) is 17.1. The fourth-order valence-electron chi connectivity index (χ4n) is 2.10. The molecule has 0 aliphatic rings. The number of carbonyl (C=O) groups excluding carboxylic acids is 1. The van der Waals surface area contributed by atoms with Crippen LogP contribution < -0.4 is 10.1 Å². The van der Waals surface area contributed by atoms with Crippen LogP contribution in [0.5, 0.6) is 11.5 Å².